The van der Waals surface area contributed by atoms with Crippen LogP contribution in [0.1, 0.15) is 19.5 Å². The van der Waals surface area contributed by atoms with Crippen LogP contribution in [0.3, 0.4) is 0 Å². The summed E-state index contributed by atoms with van der Waals surface area (Å²) in [5.74, 6) is 1.25. The van der Waals surface area contributed by atoms with E-state index in [1.165, 1.54) is 11.9 Å². The zero-order chi connectivity index (χ0) is 15.8. The van der Waals surface area contributed by atoms with Crippen molar-refractivity contribution in [2.45, 2.75) is 20.8 Å². The molecule has 0 spiro atoms. The summed E-state index contributed by atoms with van der Waals surface area (Å²) in [6.45, 7) is 5.84. The van der Waals surface area contributed by atoms with Gasteiger partial charge in [0.05, 0.1) is 30.4 Å². The lowest BCUT2D eigenvalue weighted by Crippen LogP contribution is -1.98. The van der Waals surface area contributed by atoms with Crippen LogP contribution in [-0.2, 0) is 0 Å². The minimum atomic E-state index is 0.458. The van der Waals surface area contributed by atoms with Crippen molar-refractivity contribution >= 4 is 23.5 Å². The molecular weight excluding hydrogens is 284 g/mol. The molecule has 5 nitrogen and oxygen atoms in total. The van der Waals surface area contributed by atoms with Gasteiger partial charge in [0.15, 0.2) is 0 Å². The molecule has 114 valence electrons. The Morgan fingerprint density at radius 3 is 2.57 bits per heavy atom. The molecule has 6 heteroatoms. The predicted octanol–water partition coefficient (Wildman–Crippen LogP) is 3.76. The third-order valence-electron chi connectivity index (χ3n) is 2.69. The molecule has 0 bridgehead atoms. The summed E-state index contributed by atoms with van der Waals surface area (Å²) < 4.78 is 8.48. The first-order valence-corrected chi connectivity index (χ1v) is 7.94. The Bertz CT molecular complexity index is 590. The van der Waals surface area contributed by atoms with Crippen LogP contribution in [0.25, 0.3) is 11.3 Å². The zero-order valence-electron chi connectivity index (χ0n) is 13.1. The standard InChI is InChI=1S/C13H16N4OS.C2H6/c1-8-13(14)15-7-11(16-8)9-4-5-12(18-2)10(6-9)17-19-3;1-2/h4-7,17H,1-3H3,(H2,14,15);1-2H3. The molecule has 0 aliphatic heterocycles. The van der Waals surface area contributed by atoms with Gasteiger partial charge in [-0.2, -0.15) is 0 Å². The molecule has 0 aliphatic rings. The van der Waals surface area contributed by atoms with E-state index in [4.69, 9.17) is 10.5 Å². The molecule has 21 heavy (non-hydrogen) atoms. The number of hydrogen-bond donors (Lipinski definition) is 2. The normalized spacial score (nSPS) is 9.57. The van der Waals surface area contributed by atoms with Crippen LogP contribution in [0.2, 0.25) is 0 Å². The second-order valence-electron chi connectivity index (χ2n) is 3.95. The number of ether oxygens (including phenoxy) is 1. The summed E-state index contributed by atoms with van der Waals surface area (Å²) in [6.07, 6.45) is 3.63. The zero-order valence-corrected chi connectivity index (χ0v) is 13.9. The molecular formula is C15H22N4OS. The largest absolute Gasteiger partial charge is 0.495 e. The highest BCUT2D eigenvalue weighted by Gasteiger charge is 2.08. The summed E-state index contributed by atoms with van der Waals surface area (Å²) in [6, 6.07) is 5.83. The molecule has 1 aromatic heterocycles. The van der Waals surface area contributed by atoms with Crippen LogP contribution in [0.4, 0.5) is 11.5 Å². The highest BCUT2D eigenvalue weighted by Crippen LogP contribution is 2.31. The van der Waals surface area contributed by atoms with E-state index in [1.807, 2.05) is 45.2 Å². The summed E-state index contributed by atoms with van der Waals surface area (Å²) in [4.78, 5) is 8.57. The SMILES string of the molecule is CC.COc1ccc(-c2cnc(N)c(C)n2)cc1NSC. The highest BCUT2D eigenvalue weighted by molar-refractivity contribution is 7.99. The van der Waals surface area contributed by atoms with Crippen LogP contribution >= 0.6 is 11.9 Å². The van der Waals surface area contributed by atoms with Crippen LogP contribution in [0, 0.1) is 6.92 Å². The molecule has 0 radical (unpaired) electrons. The van der Waals surface area contributed by atoms with Gasteiger partial charge in [-0.1, -0.05) is 25.8 Å². The van der Waals surface area contributed by atoms with Gasteiger partial charge in [0, 0.05) is 11.8 Å². The van der Waals surface area contributed by atoms with Crippen molar-refractivity contribution in [3.63, 3.8) is 0 Å². The van der Waals surface area contributed by atoms with Crippen molar-refractivity contribution in [1.82, 2.24) is 9.97 Å². The molecule has 0 aliphatic carbocycles. The van der Waals surface area contributed by atoms with Gasteiger partial charge in [-0.15, -0.1) is 0 Å². The van der Waals surface area contributed by atoms with E-state index < -0.39 is 0 Å². The van der Waals surface area contributed by atoms with Gasteiger partial charge < -0.3 is 15.2 Å². The number of benzene rings is 1. The highest BCUT2D eigenvalue weighted by atomic mass is 32.2. The average molecular weight is 306 g/mol. The third kappa shape index (κ3) is 4.26. The van der Waals surface area contributed by atoms with Crippen molar-refractivity contribution in [2.24, 2.45) is 0 Å². The van der Waals surface area contributed by atoms with E-state index in [2.05, 4.69) is 14.7 Å². The fourth-order valence-corrected chi connectivity index (χ4v) is 2.07. The van der Waals surface area contributed by atoms with Crippen molar-refractivity contribution in [3.8, 4) is 17.0 Å². The first-order valence-electron chi connectivity index (χ1n) is 6.72. The van der Waals surface area contributed by atoms with Gasteiger partial charge in [-0.3, -0.25) is 0 Å². The molecule has 0 amide bonds. The number of aromatic nitrogens is 2. The maximum Gasteiger partial charge on any atom is 0.144 e. The molecule has 0 atom stereocenters. The van der Waals surface area contributed by atoms with Gasteiger partial charge in [0.1, 0.15) is 11.6 Å². The lowest BCUT2D eigenvalue weighted by atomic mass is 10.1. The number of nitrogens with zero attached hydrogens (tertiary/aromatic N) is 2. The lowest BCUT2D eigenvalue weighted by molar-refractivity contribution is 0.417. The monoisotopic (exact) mass is 306 g/mol. The van der Waals surface area contributed by atoms with E-state index in [1.54, 1.807) is 13.3 Å². The van der Waals surface area contributed by atoms with Crippen LogP contribution < -0.4 is 15.2 Å². The van der Waals surface area contributed by atoms with Gasteiger partial charge in [0.25, 0.3) is 0 Å². The number of methoxy groups -OCH3 is 1. The minimum absolute atomic E-state index is 0.458. The molecule has 3 N–H and O–H groups in total. The van der Waals surface area contributed by atoms with Crippen LogP contribution in [0.15, 0.2) is 24.4 Å². The second kappa shape index (κ2) is 8.36. The van der Waals surface area contributed by atoms with Gasteiger partial charge in [0.2, 0.25) is 0 Å². The van der Waals surface area contributed by atoms with Crippen LogP contribution in [-0.4, -0.2) is 23.3 Å². The van der Waals surface area contributed by atoms with Gasteiger partial charge >= 0.3 is 0 Å². The number of anilines is 2. The van der Waals surface area contributed by atoms with Gasteiger partial charge in [-0.25, -0.2) is 9.97 Å². The molecule has 2 aromatic rings. The number of nitrogen functional groups attached to an aromatic ring is 1. The average Bonchev–Trinajstić information content (AvgIpc) is 2.52. The molecule has 0 fully saturated rings. The number of aryl methyl sites for hydroxylation is 1. The van der Waals surface area contributed by atoms with E-state index in [0.29, 0.717) is 5.82 Å². The fraction of sp³-hybridized carbons (Fsp3) is 0.333. The van der Waals surface area contributed by atoms with E-state index >= 15 is 0 Å². The molecule has 1 aromatic carbocycles. The summed E-state index contributed by atoms with van der Waals surface area (Å²) in [5, 5.41) is 0. The summed E-state index contributed by atoms with van der Waals surface area (Å²) in [5.41, 5.74) is 9.07. The van der Waals surface area contributed by atoms with Crippen molar-refractivity contribution in [2.75, 3.05) is 23.8 Å². The summed E-state index contributed by atoms with van der Waals surface area (Å²) in [7, 11) is 1.65. The Morgan fingerprint density at radius 2 is 2.00 bits per heavy atom. The van der Waals surface area contributed by atoms with Crippen molar-refractivity contribution in [1.29, 1.82) is 0 Å². The second-order valence-corrected chi connectivity index (χ2v) is 4.56. The van der Waals surface area contributed by atoms with Gasteiger partial charge in [-0.05, 0) is 25.1 Å². The Kier molecular flexibility index (Phi) is 6.81. The Morgan fingerprint density at radius 1 is 1.29 bits per heavy atom. The van der Waals surface area contributed by atoms with E-state index in [9.17, 15) is 0 Å². The smallest absolute Gasteiger partial charge is 0.144 e. The van der Waals surface area contributed by atoms with Crippen molar-refractivity contribution in [3.05, 3.63) is 30.1 Å². The number of nitrogens with two attached hydrogens (primary N) is 1. The maximum atomic E-state index is 5.68. The maximum absolute atomic E-state index is 5.68. The quantitative estimate of drug-likeness (QED) is 0.838. The lowest BCUT2D eigenvalue weighted by Gasteiger charge is -2.11. The van der Waals surface area contributed by atoms with Crippen molar-refractivity contribution < 1.29 is 4.74 Å². The fourth-order valence-electron chi connectivity index (χ4n) is 1.69. The first kappa shape index (κ1) is 17.1. The molecule has 2 rings (SSSR count). The van der Waals surface area contributed by atoms with E-state index in [0.717, 1.165) is 28.4 Å². The number of nitrogens with one attached hydrogen (secondary N) is 1. The Balaban J connectivity index is 0.00000106. The number of rotatable bonds is 4. The molecule has 0 saturated heterocycles. The topological polar surface area (TPSA) is 73.1 Å². The Labute approximate surface area is 130 Å². The third-order valence-corrected chi connectivity index (χ3v) is 3.12. The summed E-state index contributed by atoms with van der Waals surface area (Å²) >= 11 is 1.51. The minimum Gasteiger partial charge on any atom is -0.495 e. The first-order chi connectivity index (χ1) is 10.2. The van der Waals surface area contributed by atoms with Crippen LogP contribution in [0.5, 0.6) is 5.75 Å². The molecule has 0 saturated carbocycles. The Hall–Kier alpha value is -1.95. The van der Waals surface area contributed by atoms with E-state index in [-0.39, 0.29) is 0 Å². The predicted molar refractivity (Wildman–Crippen MR) is 91.7 cm³/mol. The molecule has 0 unspecified atom stereocenters. The molecule has 1 heterocycles. The number of hydrogen-bond acceptors (Lipinski definition) is 6.